The van der Waals surface area contributed by atoms with Crippen LogP contribution in [0.25, 0.3) is 6.08 Å². The molecule has 0 heterocycles. The fourth-order valence-corrected chi connectivity index (χ4v) is 1.16. The van der Waals surface area contributed by atoms with E-state index in [9.17, 15) is 13.0 Å². The summed E-state index contributed by atoms with van der Waals surface area (Å²) in [5, 5.41) is 0.650. The topological polar surface area (TPSA) is 57.2 Å². The van der Waals surface area contributed by atoms with Crippen LogP contribution in [0.1, 0.15) is 11.1 Å². The van der Waals surface area contributed by atoms with E-state index in [0.717, 1.165) is 5.56 Å². The summed E-state index contributed by atoms with van der Waals surface area (Å²) in [4.78, 5) is 0. The molecule has 0 saturated heterocycles. The second-order valence-electron chi connectivity index (χ2n) is 2.71. The van der Waals surface area contributed by atoms with Gasteiger partial charge in [0.25, 0.3) is 0 Å². The fourth-order valence-electron chi connectivity index (χ4n) is 0.839. The molecular weight excluding hydrogens is 211 g/mol. The zero-order valence-electron chi connectivity index (χ0n) is 8.10. The van der Waals surface area contributed by atoms with Gasteiger partial charge in [-0.2, -0.15) is 0 Å². The Hall–Kier alpha value is -0.130. The van der Waals surface area contributed by atoms with E-state index in [0.29, 0.717) is 11.0 Å². The molecule has 0 spiro atoms. The van der Waals surface area contributed by atoms with Gasteiger partial charge in [-0.15, -0.1) is 0 Å². The molecule has 0 aromatic heterocycles. The van der Waals surface area contributed by atoms with Crippen molar-refractivity contribution in [2.45, 2.75) is 6.92 Å². The minimum atomic E-state index is -4.26. The van der Waals surface area contributed by atoms with Crippen molar-refractivity contribution in [1.82, 2.24) is 0 Å². The van der Waals surface area contributed by atoms with Gasteiger partial charge < -0.3 is 4.55 Å². The van der Waals surface area contributed by atoms with E-state index in [1.165, 1.54) is 6.08 Å². The standard InChI is InChI=1S/C9H10O3S.Na/c1-8-2-4-9(5-3-8)6-7-13(10,11)12;/h2-7H,1H3,(H,10,11,12);/q;+1/p-1. The van der Waals surface area contributed by atoms with Crippen molar-refractivity contribution in [2.24, 2.45) is 0 Å². The Kier molecular flexibility index (Phi) is 5.63. The van der Waals surface area contributed by atoms with Crippen molar-refractivity contribution in [2.75, 3.05) is 0 Å². The molecule has 0 aliphatic carbocycles. The first-order valence-corrected chi connectivity index (χ1v) is 5.15. The fraction of sp³-hybridized carbons (Fsp3) is 0.111. The molecule has 0 bridgehead atoms. The van der Waals surface area contributed by atoms with Crippen molar-refractivity contribution >= 4 is 16.2 Å². The Labute approximate surface area is 106 Å². The predicted molar refractivity (Wildman–Crippen MR) is 49.9 cm³/mol. The van der Waals surface area contributed by atoms with E-state index in [4.69, 9.17) is 0 Å². The Balaban J connectivity index is 0.00000169. The van der Waals surface area contributed by atoms with Crippen molar-refractivity contribution < 1.29 is 42.5 Å². The number of hydrogen-bond acceptors (Lipinski definition) is 3. The van der Waals surface area contributed by atoms with Crippen LogP contribution in [0.2, 0.25) is 0 Å². The van der Waals surface area contributed by atoms with Crippen LogP contribution in [0.3, 0.4) is 0 Å². The second kappa shape index (κ2) is 5.68. The Bertz CT molecular complexity index is 406. The molecular formula is C9H9NaO3S. The van der Waals surface area contributed by atoms with Gasteiger partial charge in [0.2, 0.25) is 0 Å². The largest absolute Gasteiger partial charge is 1.00 e. The molecule has 1 aromatic carbocycles. The minimum Gasteiger partial charge on any atom is -0.744 e. The molecule has 0 aliphatic rings. The molecule has 5 heteroatoms. The van der Waals surface area contributed by atoms with Crippen LogP contribution >= 0.6 is 0 Å². The number of aryl methyl sites for hydroxylation is 1. The van der Waals surface area contributed by atoms with Crippen LogP contribution in [-0.4, -0.2) is 13.0 Å². The van der Waals surface area contributed by atoms with Gasteiger partial charge in [-0.05, 0) is 18.6 Å². The van der Waals surface area contributed by atoms with Crippen molar-refractivity contribution in [3.63, 3.8) is 0 Å². The van der Waals surface area contributed by atoms with E-state index in [2.05, 4.69) is 0 Å². The van der Waals surface area contributed by atoms with E-state index < -0.39 is 10.1 Å². The number of rotatable bonds is 2. The normalized spacial score (nSPS) is 11.3. The van der Waals surface area contributed by atoms with Gasteiger partial charge in [0.15, 0.2) is 0 Å². The molecule has 0 amide bonds. The van der Waals surface area contributed by atoms with Crippen LogP contribution in [0.4, 0.5) is 0 Å². The van der Waals surface area contributed by atoms with E-state index in [-0.39, 0.29) is 29.6 Å². The maximum atomic E-state index is 10.2. The van der Waals surface area contributed by atoms with Crippen LogP contribution < -0.4 is 29.6 Å². The molecule has 0 aliphatic heterocycles. The van der Waals surface area contributed by atoms with E-state index in [1.54, 1.807) is 12.1 Å². The third-order valence-electron chi connectivity index (χ3n) is 1.50. The third kappa shape index (κ3) is 5.57. The van der Waals surface area contributed by atoms with Gasteiger partial charge in [0.05, 0.1) is 0 Å². The van der Waals surface area contributed by atoms with Crippen LogP contribution in [0, 0.1) is 6.92 Å². The van der Waals surface area contributed by atoms with Gasteiger partial charge in [0, 0.05) is 5.41 Å². The first-order chi connectivity index (χ1) is 5.97. The summed E-state index contributed by atoms with van der Waals surface area (Å²) in [6.45, 7) is 1.93. The zero-order chi connectivity index (χ0) is 9.90. The maximum absolute atomic E-state index is 10.2. The molecule has 14 heavy (non-hydrogen) atoms. The summed E-state index contributed by atoms with van der Waals surface area (Å²) in [6, 6.07) is 7.18. The molecule has 1 aromatic rings. The first-order valence-electron chi connectivity index (χ1n) is 3.68. The molecule has 1 rings (SSSR count). The van der Waals surface area contributed by atoms with Gasteiger partial charge in [-0.1, -0.05) is 29.8 Å². The van der Waals surface area contributed by atoms with Crippen LogP contribution in [0.5, 0.6) is 0 Å². The van der Waals surface area contributed by atoms with Gasteiger partial charge >= 0.3 is 29.6 Å². The van der Waals surface area contributed by atoms with Crippen LogP contribution in [0.15, 0.2) is 29.7 Å². The summed E-state index contributed by atoms with van der Waals surface area (Å²) in [6.07, 6.45) is 1.28. The molecule has 0 N–H and O–H groups in total. The quantitative estimate of drug-likeness (QED) is 0.451. The number of hydrogen-bond donors (Lipinski definition) is 0. The van der Waals surface area contributed by atoms with E-state index >= 15 is 0 Å². The van der Waals surface area contributed by atoms with Crippen molar-refractivity contribution in [3.05, 3.63) is 40.8 Å². The van der Waals surface area contributed by atoms with Crippen molar-refractivity contribution in [3.8, 4) is 0 Å². The molecule has 0 unspecified atom stereocenters. The zero-order valence-corrected chi connectivity index (χ0v) is 10.9. The van der Waals surface area contributed by atoms with E-state index in [1.807, 2.05) is 19.1 Å². The third-order valence-corrected chi connectivity index (χ3v) is 1.97. The molecule has 70 valence electrons. The Morgan fingerprint density at radius 2 is 1.71 bits per heavy atom. The first kappa shape index (κ1) is 13.9. The molecule has 0 fully saturated rings. The predicted octanol–water partition coefficient (Wildman–Crippen LogP) is -1.49. The van der Waals surface area contributed by atoms with Gasteiger partial charge in [-0.3, -0.25) is 0 Å². The Morgan fingerprint density at radius 3 is 2.14 bits per heavy atom. The number of benzene rings is 1. The maximum Gasteiger partial charge on any atom is 1.00 e. The summed E-state index contributed by atoms with van der Waals surface area (Å²) in [5.41, 5.74) is 1.78. The average molecular weight is 220 g/mol. The summed E-state index contributed by atoms with van der Waals surface area (Å²) in [5.74, 6) is 0. The smallest absolute Gasteiger partial charge is 0.744 e. The Morgan fingerprint density at radius 1 is 1.21 bits per heavy atom. The van der Waals surface area contributed by atoms with Crippen molar-refractivity contribution in [1.29, 1.82) is 0 Å². The SMILES string of the molecule is Cc1ccc(C=CS(=O)(=O)[O-])cc1.[Na+]. The summed E-state index contributed by atoms with van der Waals surface area (Å²) < 4.78 is 30.7. The van der Waals surface area contributed by atoms with Gasteiger partial charge in [0.1, 0.15) is 10.1 Å². The van der Waals surface area contributed by atoms with Gasteiger partial charge in [-0.25, -0.2) is 8.42 Å². The van der Waals surface area contributed by atoms with Crippen LogP contribution in [-0.2, 0) is 10.1 Å². The molecule has 0 saturated carbocycles. The minimum absolute atomic E-state index is 0. The molecule has 0 radical (unpaired) electrons. The summed E-state index contributed by atoms with van der Waals surface area (Å²) in [7, 11) is -4.26. The molecule has 0 atom stereocenters. The monoisotopic (exact) mass is 220 g/mol. The second-order valence-corrected chi connectivity index (χ2v) is 3.96. The summed E-state index contributed by atoms with van der Waals surface area (Å²) >= 11 is 0. The average Bonchev–Trinajstić information content (AvgIpc) is 2.02. The molecule has 3 nitrogen and oxygen atoms in total.